The van der Waals surface area contributed by atoms with Crippen LogP contribution < -0.4 is 15.8 Å². The van der Waals surface area contributed by atoms with Crippen LogP contribution in [0.4, 0.5) is 5.13 Å². The van der Waals surface area contributed by atoms with Crippen molar-refractivity contribution in [2.75, 3.05) is 25.1 Å². The van der Waals surface area contributed by atoms with Crippen LogP contribution >= 0.6 is 11.3 Å². The number of hydrogen-bond donors (Lipinski definition) is 3. The molecule has 0 aliphatic rings. The third-order valence-electron chi connectivity index (χ3n) is 1.79. The van der Waals surface area contributed by atoms with Gasteiger partial charge in [0.05, 0.1) is 11.9 Å². The number of nitrogen functional groups attached to an aromatic ring is 1. The van der Waals surface area contributed by atoms with Crippen molar-refractivity contribution in [3.63, 3.8) is 0 Å². The van der Waals surface area contributed by atoms with Gasteiger partial charge in [-0.3, -0.25) is 4.79 Å². The molecule has 0 bridgehead atoms. The summed E-state index contributed by atoms with van der Waals surface area (Å²) in [6.07, 6.45) is 1.06. The van der Waals surface area contributed by atoms with E-state index in [0.29, 0.717) is 15.7 Å². The van der Waals surface area contributed by atoms with Crippen LogP contribution in [0.5, 0.6) is 0 Å². The second kappa shape index (κ2) is 5.43. The molecule has 0 aliphatic carbocycles. The molecule has 1 rings (SSSR count). The summed E-state index contributed by atoms with van der Waals surface area (Å²) in [4.78, 5) is 16.0. The first-order valence-electron chi connectivity index (χ1n) is 4.75. The number of carbonyl (C=O) groups is 1. The summed E-state index contributed by atoms with van der Waals surface area (Å²) in [7, 11) is -3.22. The number of aryl methyl sites for hydroxylation is 1. The van der Waals surface area contributed by atoms with Gasteiger partial charge >= 0.3 is 0 Å². The van der Waals surface area contributed by atoms with E-state index in [-0.39, 0.29) is 19.0 Å². The minimum Gasteiger partial charge on any atom is -0.375 e. The Kier molecular flexibility index (Phi) is 4.43. The highest BCUT2D eigenvalue weighted by Crippen LogP contribution is 2.18. The normalized spacial score (nSPS) is 11.4. The molecule has 0 saturated carbocycles. The van der Waals surface area contributed by atoms with E-state index in [0.717, 1.165) is 17.6 Å². The molecule has 9 heteroatoms. The number of thiazole rings is 1. The van der Waals surface area contributed by atoms with Gasteiger partial charge in [-0.1, -0.05) is 11.3 Å². The first-order chi connectivity index (χ1) is 7.79. The van der Waals surface area contributed by atoms with E-state index < -0.39 is 10.0 Å². The maximum absolute atomic E-state index is 11.6. The number of nitrogens with one attached hydrogen (secondary N) is 2. The van der Waals surface area contributed by atoms with E-state index in [4.69, 9.17) is 5.73 Å². The van der Waals surface area contributed by atoms with Gasteiger partial charge in [-0.05, 0) is 6.92 Å². The number of nitrogens with two attached hydrogens (primary N) is 1. The Morgan fingerprint density at radius 3 is 2.59 bits per heavy atom. The molecule has 0 atom stereocenters. The first-order valence-corrected chi connectivity index (χ1v) is 7.46. The van der Waals surface area contributed by atoms with Crippen molar-refractivity contribution < 1.29 is 13.2 Å². The van der Waals surface area contributed by atoms with Crippen molar-refractivity contribution in [2.45, 2.75) is 6.92 Å². The van der Waals surface area contributed by atoms with Crippen molar-refractivity contribution in [3.8, 4) is 0 Å². The molecular formula is C8H14N4O3S2. The zero-order valence-corrected chi connectivity index (χ0v) is 11.1. The molecule has 1 aromatic heterocycles. The average molecular weight is 278 g/mol. The monoisotopic (exact) mass is 278 g/mol. The van der Waals surface area contributed by atoms with E-state index in [1.165, 1.54) is 0 Å². The first kappa shape index (κ1) is 13.9. The largest absolute Gasteiger partial charge is 0.375 e. The topological polar surface area (TPSA) is 114 Å². The van der Waals surface area contributed by atoms with Gasteiger partial charge in [0.2, 0.25) is 10.0 Å². The van der Waals surface area contributed by atoms with Crippen LogP contribution in [0.2, 0.25) is 0 Å². The molecule has 17 heavy (non-hydrogen) atoms. The lowest BCUT2D eigenvalue weighted by Gasteiger charge is -2.04. The molecule has 0 aliphatic heterocycles. The molecule has 0 spiro atoms. The minimum absolute atomic E-state index is 0.151. The molecule has 7 nitrogen and oxygen atoms in total. The molecule has 96 valence electrons. The Labute approximate surface area is 103 Å². The second-order valence-corrected chi connectivity index (χ2v) is 6.25. The predicted molar refractivity (Wildman–Crippen MR) is 66.4 cm³/mol. The number of carbonyl (C=O) groups excluding carboxylic acids is 1. The lowest BCUT2D eigenvalue weighted by molar-refractivity contribution is 0.0957. The molecule has 1 aromatic rings. The molecule has 0 saturated heterocycles. The Hall–Kier alpha value is -1.19. The summed E-state index contributed by atoms with van der Waals surface area (Å²) in [5, 5.41) is 2.91. The smallest absolute Gasteiger partial charge is 0.263 e. The van der Waals surface area contributed by atoms with Gasteiger partial charge in [0, 0.05) is 13.1 Å². The fourth-order valence-corrected chi connectivity index (χ4v) is 2.34. The number of hydrogen-bond acceptors (Lipinski definition) is 6. The summed E-state index contributed by atoms with van der Waals surface area (Å²) >= 11 is 1.10. The van der Waals surface area contributed by atoms with Crippen molar-refractivity contribution in [1.29, 1.82) is 0 Å². The quantitative estimate of drug-likeness (QED) is 0.617. The second-order valence-electron chi connectivity index (χ2n) is 3.39. The molecule has 0 fully saturated rings. The highest BCUT2D eigenvalue weighted by molar-refractivity contribution is 7.88. The van der Waals surface area contributed by atoms with Gasteiger partial charge < -0.3 is 11.1 Å². The van der Waals surface area contributed by atoms with Crippen molar-refractivity contribution in [2.24, 2.45) is 0 Å². The van der Waals surface area contributed by atoms with Gasteiger partial charge in [0.1, 0.15) is 4.88 Å². The highest BCUT2D eigenvalue weighted by Gasteiger charge is 2.13. The Bertz CT molecular complexity index is 509. The van der Waals surface area contributed by atoms with Crippen LogP contribution in [0.1, 0.15) is 15.4 Å². The third kappa shape index (κ3) is 4.67. The number of aromatic nitrogens is 1. The summed E-state index contributed by atoms with van der Waals surface area (Å²) < 4.78 is 23.8. The van der Waals surface area contributed by atoms with Crippen LogP contribution in [0.3, 0.4) is 0 Å². The van der Waals surface area contributed by atoms with Gasteiger partial charge in [0.15, 0.2) is 5.13 Å². The lowest BCUT2D eigenvalue weighted by Crippen LogP contribution is -2.34. The highest BCUT2D eigenvalue weighted by atomic mass is 32.2. The van der Waals surface area contributed by atoms with E-state index in [9.17, 15) is 13.2 Å². The minimum atomic E-state index is -3.22. The molecule has 4 N–H and O–H groups in total. The lowest BCUT2D eigenvalue weighted by atomic mass is 10.4. The Morgan fingerprint density at radius 1 is 1.47 bits per heavy atom. The van der Waals surface area contributed by atoms with E-state index in [2.05, 4.69) is 15.0 Å². The number of nitrogens with zero attached hydrogens (tertiary/aromatic N) is 1. The number of sulfonamides is 1. The summed E-state index contributed by atoms with van der Waals surface area (Å²) in [6.45, 7) is 2.05. The number of rotatable bonds is 5. The van der Waals surface area contributed by atoms with Gasteiger partial charge in [-0.15, -0.1) is 0 Å². The van der Waals surface area contributed by atoms with Crippen LogP contribution in [-0.2, 0) is 10.0 Å². The Morgan fingerprint density at radius 2 is 2.12 bits per heavy atom. The average Bonchev–Trinajstić information content (AvgIpc) is 2.51. The van der Waals surface area contributed by atoms with Gasteiger partial charge in [-0.25, -0.2) is 18.1 Å². The number of amides is 1. The fraction of sp³-hybridized carbons (Fsp3) is 0.500. The summed E-state index contributed by atoms with van der Waals surface area (Å²) in [6, 6.07) is 0. The zero-order chi connectivity index (χ0) is 13.1. The SMILES string of the molecule is Cc1nc(N)sc1C(=O)NCCNS(C)(=O)=O. The van der Waals surface area contributed by atoms with E-state index >= 15 is 0 Å². The molecule has 0 radical (unpaired) electrons. The Balaban J connectivity index is 2.43. The zero-order valence-electron chi connectivity index (χ0n) is 9.48. The van der Waals surface area contributed by atoms with Crippen LogP contribution in [0.15, 0.2) is 0 Å². The maximum Gasteiger partial charge on any atom is 0.263 e. The van der Waals surface area contributed by atoms with Crippen LogP contribution in [0.25, 0.3) is 0 Å². The molecule has 1 heterocycles. The van der Waals surface area contributed by atoms with Gasteiger partial charge in [0.25, 0.3) is 5.91 Å². The standard InChI is InChI=1S/C8H14N4O3S2/c1-5-6(16-8(9)12-5)7(13)10-3-4-11-17(2,14)15/h11H,3-4H2,1-2H3,(H2,9,12)(H,10,13). The van der Waals surface area contributed by atoms with Crippen LogP contribution in [0, 0.1) is 6.92 Å². The molecular weight excluding hydrogens is 264 g/mol. The van der Waals surface area contributed by atoms with Crippen LogP contribution in [-0.4, -0.2) is 38.7 Å². The fourth-order valence-electron chi connectivity index (χ4n) is 1.12. The van der Waals surface area contributed by atoms with Crippen molar-refractivity contribution >= 4 is 32.4 Å². The summed E-state index contributed by atoms with van der Waals surface area (Å²) in [5.74, 6) is -0.299. The van der Waals surface area contributed by atoms with E-state index in [1.54, 1.807) is 6.92 Å². The van der Waals surface area contributed by atoms with Crippen molar-refractivity contribution in [3.05, 3.63) is 10.6 Å². The molecule has 1 amide bonds. The van der Waals surface area contributed by atoms with Crippen molar-refractivity contribution in [1.82, 2.24) is 15.0 Å². The maximum atomic E-state index is 11.6. The predicted octanol–water partition coefficient (Wildman–Crippen LogP) is -0.687. The number of anilines is 1. The third-order valence-corrected chi connectivity index (χ3v) is 3.51. The van der Waals surface area contributed by atoms with E-state index in [1.807, 2.05) is 0 Å². The molecule has 0 unspecified atom stereocenters. The molecule has 0 aromatic carbocycles. The van der Waals surface area contributed by atoms with Gasteiger partial charge in [-0.2, -0.15) is 0 Å². The summed E-state index contributed by atoms with van der Waals surface area (Å²) in [5.41, 5.74) is 6.04.